The fourth-order valence-corrected chi connectivity index (χ4v) is 8.60. The van der Waals surface area contributed by atoms with E-state index < -0.39 is 0 Å². The normalized spacial score (nSPS) is 17.9. The van der Waals surface area contributed by atoms with Gasteiger partial charge in [0.25, 0.3) is 0 Å². The molecule has 1 unspecified atom stereocenters. The molecule has 0 aliphatic heterocycles. The molecule has 2 nitrogen and oxygen atoms in total. The number of nitrogens with zero attached hydrogens (tertiary/aromatic N) is 2. The van der Waals surface area contributed by atoms with Crippen LogP contribution in [0.5, 0.6) is 0 Å². The molecule has 0 saturated heterocycles. The van der Waals surface area contributed by atoms with Gasteiger partial charge in [-0.3, -0.25) is 4.99 Å². The Labute approximate surface area is 295 Å². The van der Waals surface area contributed by atoms with E-state index in [0.29, 0.717) is 0 Å². The zero-order valence-electron chi connectivity index (χ0n) is 28.8. The van der Waals surface area contributed by atoms with Crippen LogP contribution in [0.2, 0.25) is 0 Å². The quantitative estimate of drug-likeness (QED) is 0.161. The van der Waals surface area contributed by atoms with Crippen LogP contribution in [0.15, 0.2) is 157 Å². The summed E-state index contributed by atoms with van der Waals surface area (Å²) in [5, 5.41) is 1.35. The van der Waals surface area contributed by atoms with Gasteiger partial charge >= 0.3 is 0 Å². The van der Waals surface area contributed by atoms with Gasteiger partial charge in [0.1, 0.15) is 0 Å². The second-order valence-corrected chi connectivity index (χ2v) is 14.0. The summed E-state index contributed by atoms with van der Waals surface area (Å²) in [4.78, 5) is 4.96. The first-order valence-electron chi connectivity index (χ1n) is 17.9. The molecule has 2 heteroatoms. The lowest BCUT2D eigenvalue weighted by Crippen LogP contribution is -2.23. The highest BCUT2D eigenvalue weighted by atomic mass is 15.0. The molecule has 1 aromatic heterocycles. The molecule has 242 valence electrons. The summed E-state index contributed by atoms with van der Waals surface area (Å²) in [7, 11) is 0. The van der Waals surface area contributed by atoms with Crippen molar-refractivity contribution in [3.8, 4) is 16.8 Å². The summed E-state index contributed by atoms with van der Waals surface area (Å²) in [6.07, 6.45) is 13.7. The maximum atomic E-state index is 4.96. The second-order valence-electron chi connectivity index (χ2n) is 14.0. The Kier molecular flexibility index (Phi) is 7.28. The van der Waals surface area contributed by atoms with Crippen LogP contribution in [0.1, 0.15) is 72.2 Å². The molecular formula is C48H40N2. The third-order valence-electron chi connectivity index (χ3n) is 11.2. The van der Waals surface area contributed by atoms with Crippen molar-refractivity contribution in [3.05, 3.63) is 191 Å². The van der Waals surface area contributed by atoms with Gasteiger partial charge in [-0.05, 0) is 96.2 Å². The highest BCUT2D eigenvalue weighted by Crippen LogP contribution is 2.56. The van der Waals surface area contributed by atoms with Crippen molar-refractivity contribution >= 4 is 34.0 Å². The average Bonchev–Trinajstić information content (AvgIpc) is 3.66. The minimum absolute atomic E-state index is 0.190. The molecule has 0 spiro atoms. The molecule has 1 heterocycles. The van der Waals surface area contributed by atoms with Gasteiger partial charge in [0, 0.05) is 39.0 Å². The topological polar surface area (TPSA) is 17.3 Å². The SMILES string of the molecule is C=C(N=C(C)c1ccc(-n2c3c(c4ccc5c(c42)C2=C(C=CCC2)C5(C)c2ccccc2)C=CCC3)cc1)c1ccc(-c2ccccc2)cc1. The fraction of sp³-hybridized carbons (Fsp3) is 0.146. The molecule has 0 bridgehead atoms. The van der Waals surface area contributed by atoms with Crippen LogP contribution in [0.4, 0.5) is 0 Å². The maximum absolute atomic E-state index is 4.96. The third-order valence-corrected chi connectivity index (χ3v) is 11.2. The number of aliphatic imine (C=N–C) groups is 1. The number of benzene rings is 5. The van der Waals surface area contributed by atoms with Crippen LogP contribution in [-0.2, 0) is 11.8 Å². The first-order valence-corrected chi connectivity index (χ1v) is 17.9. The van der Waals surface area contributed by atoms with E-state index >= 15 is 0 Å². The smallest absolute Gasteiger partial charge is 0.0633 e. The van der Waals surface area contributed by atoms with Crippen molar-refractivity contribution in [2.45, 2.75) is 44.9 Å². The molecule has 0 radical (unpaired) electrons. The molecule has 0 N–H and O–H groups in total. The lowest BCUT2D eigenvalue weighted by molar-refractivity contribution is 0.704. The van der Waals surface area contributed by atoms with Crippen LogP contribution >= 0.6 is 0 Å². The van der Waals surface area contributed by atoms with Crippen molar-refractivity contribution in [2.24, 2.45) is 4.99 Å². The number of aromatic nitrogens is 1. The molecule has 50 heavy (non-hydrogen) atoms. The summed E-state index contributed by atoms with van der Waals surface area (Å²) >= 11 is 0. The molecule has 0 amide bonds. The van der Waals surface area contributed by atoms with Gasteiger partial charge in [-0.15, -0.1) is 0 Å². The maximum Gasteiger partial charge on any atom is 0.0633 e. The number of fused-ring (bicyclic) bond motifs is 6. The number of rotatable bonds is 6. The number of hydrogen-bond donors (Lipinski definition) is 0. The predicted octanol–water partition coefficient (Wildman–Crippen LogP) is 12.2. The highest BCUT2D eigenvalue weighted by molar-refractivity contribution is 6.05. The van der Waals surface area contributed by atoms with E-state index in [1.54, 1.807) is 0 Å². The van der Waals surface area contributed by atoms with Crippen LogP contribution in [-0.4, -0.2) is 10.3 Å². The molecule has 3 aliphatic carbocycles. The Hall–Kier alpha value is -5.73. The third kappa shape index (κ3) is 4.74. The summed E-state index contributed by atoms with van der Waals surface area (Å²) in [6, 6.07) is 43.9. The molecule has 5 aromatic carbocycles. The Morgan fingerprint density at radius 2 is 1.36 bits per heavy atom. The summed E-state index contributed by atoms with van der Waals surface area (Å²) < 4.78 is 2.58. The van der Waals surface area contributed by atoms with E-state index in [9.17, 15) is 0 Å². The molecular weight excluding hydrogens is 605 g/mol. The monoisotopic (exact) mass is 644 g/mol. The molecule has 3 aliphatic rings. The lowest BCUT2D eigenvalue weighted by atomic mass is 9.72. The number of allylic oxidation sites excluding steroid dienone is 5. The Bertz CT molecular complexity index is 2410. The van der Waals surface area contributed by atoms with E-state index in [1.807, 2.05) is 6.07 Å². The minimum atomic E-state index is -0.190. The van der Waals surface area contributed by atoms with E-state index in [2.05, 4.69) is 165 Å². The van der Waals surface area contributed by atoms with Crippen molar-refractivity contribution in [1.29, 1.82) is 0 Å². The number of hydrogen-bond acceptors (Lipinski definition) is 1. The van der Waals surface area contributed by atoms with Gasteiger partial charge in [0.15, 0.2) is 0 Å². The second kappa shape index (κ2) is 12.0. The lowest BCUT2D eigenvalue weighted by Gasteiger charge is -2.30. The molecule has 1 atom stereocenters. The van der Waals surface area contributed by atoms with Crippen LogP contribution in [0, 0.1) is 0 Å². The molecule has 6 aromatic rings. The van der Waals surface area contributed by atoms with Crippen molar-refractivity contribution in [1.82, 2.24) is 4.57 Å². The van der Waals surface area contributed by atoms with E-state index in [1.165, 1.54) is 66.8 Å². The van der Waals surface area contributed by atoms with Crippen LogP contribution in [0.25, 0.3) is 45.1 Å². The molecule has 9 rings (SSSR count). The van der Waals surface area contributed by atoms with E-state index in [-0.39, 0.29) is 5.41 Å². The summed E-state index contributed by atoms with van der Waals surface area (Å²) in [5.41, 5.74) is 18.6. The first kappa shape index (κ1) is 30.3. The predicted molar refractivity (Wildman–Crippen MR) is 212 cm³/mol. The van der Waals surface area contributed by atoms with Crippen molar-refractivity contribution in [3.63, 3.8) is 0 Å². The molecule has 0 fully saturated rings. The largest absolute Gasteiger partial charge is 0.312 e. The standard InChI is InChI=1S/C48H40N2/c1-32(34-22-24-37(25-23-34)36-14-6-4-7-15-36)49-33(2)35-26-28-39(29-27-35)50-45-21-13-11-18-40(45)41-30-31-44-46(47(41)50)42-19-10-12-20-43(42)48(44,3)38-16-8-5-9-17-38/h4-9,11-12,14-18,20,22-31H,1,10,13,19,21H2,2-3H3. The summed E-state index contributed by atoms with van der Waals surface area (Å²) in [6.45, 7) is 8.84. The van der Waals surface area contributed by atoms with Gasteiger partial charge in [0.2, 0.25) is 0 Å². The zero-order valence-corrected chi connectivity index (χ0v) is 28.8. The van der Waals surface area contributed by atoms with Crippen molar-refractivity contribution in [2.75, 3.05) is 0 Å². The van der Waals surface area contributed by atoms with E-state index in [0.717, 1.165) is 48.2 Å². The molecule has 0 saturated carbocycles. The minimum Gasteiger partial charge on any atom is -0.312 e. The Morgan fingerprint density at radius 1 is 0.700 bits per heavy atom. The van der Waals surface area contributed by atoms with Crippen LogP contribution < -0.4 is 0 Å². The summed E-state index contributed by atoms with van der Waals surface area (Å²) in [5.74, 6) is 0. The average molecular weight is 645 g/mol. The zero-order chi connectivity index (χ0) is 33.8. The van der Waals surface area contributed by atoms with Gasteiger partial charge in [-0.1, -0.05) is 140 Å². The van der Waals surface area contributed by atoms with E-state index in [4.69, 9.17) is 4.99 Å². The van der Waals surface area contributed by atoms with Gasteiger partial charge in [0.05, 0.1) is 11.2 Å². The van der Waals surface area contributed by atoms with Gasteiger partial charge < -0.3 is 4.57 Å². The Morgan fingerprint density at radius 3 is 2.12 bits per heavy atom. The van der Waals surface area contributed by atoms with Crippen LogP contribution in [0.3, 0.4) is 0 Å². The van der Waals surface area contributed by atoms with Crippen molar-refractivity contribution < 1.29 is 0 Å². The first-order chi connectivity index (χ1) is 24.5. The fourth-order valence-electron chi connectivity index (χ4n) is 8.60. The van der Waals surface area contributed by atoms with Gasteiger partial charge in [-0.25, -0.2) is 0 Å². The Balaban J connectivity index is 1.12. The van der Waals surface area contributed by atoms with Gasteiger partial charge in [-0.2, -0.15) is 0 Å². The highest BCUT2D eigenvalue weighted by Gasteiger charge is 2.43.